The molecule has 122 valence electrons. The van der Waals surface area contributed by atoms with Gasteiger partial charge in [0.05, 0.1) is 11.0 Å². The van der Waals surface area contributed by atoms with Crippen LogP contribution in [0.2, 0.25) is 5.15 Å². The molecule has 0 aromatic carbocycles. The number of hydrogen-bond donors (Lipinski definition) is 2. The Morgan fingerprint density at radius 3 is 2.83 bits per heavy atom. The molecule has 2 aromatic rings. The van der Waals surface area contributed by atoms with Gasteiger partial charge in [-0.3, -0.25) is 4.98 Å². The van der Waals surface area contributed by atoms with Crippen LogP contribution in [0.25, 0.3) is 16.6 Å². The Balaban J connectivity index is 2.10. The average molecular weight is 335 g/mol. The van der Waals surface area contributed by atoms with E-state index in [9.17, 15) is 0 Å². The second kappa shape index (κ2) is 8.57. The van der Waals surface area contributed by atoms with E-state index < -0.39 is 0 Å². The monoisotopic (exact) mass is 334 g/mol. The molecule has 6 nitrogen and oxygen atoms in total. The highest BCUT2D eigenvalue weighted by molar-refractivity contribution is 6.29. The number of aromatic nitrogens is 2. The number of fused-ring (bicyclic) bond motifs is 1. The molecule has 0 atom stereocenters. The van der Waals surface area contributed by atoms with E-state index in [2.05, 4.69) is 15.3 Å². The van der Waals surface area contributed by atoms with Crippen LogP contribution in [0.3, 0.4) is 0 Å². The third kappa shape index (κ3) is 4.72. The van der Waals surface area contributed by atoms with E-state index in [1.165, 1.54) is 6.21 Å². The molecular weight excluding hydrogens is 316 g/mol. The normalized spacial score (nSPS) is 11.9. The van der Waals surface area contributed by atoms with Crippen molar-refractivity contribution in [3.63, 3.8) is 0 Å². The van der Waals surface area contributed by atoms with E-state index in [4.69, 9.17) is 26.5 Å². The Hall–Kier alpha value is -2.02. The zero-order valence-electron chi connectivity index (χ0n) is 13.0. The first-order valence-electron chi connectivity index (χ1n) is 7.10. The van der Waals surface area contributed by atoms with Gasteiger partial charge >= 0.3 is 0 Å². The quantitative estimate of drug-likeness (QED) is 0.336. The van der Waals surface area contributed by atoms with Crippen molar-refractivity contribution in [2.75, 3.05) is 20.8 Å². The molecule has 0 amide bonds. The zero-order chi connectivity index (χ0) is 16.7. The van der Waals surface area contributed by atoms with Crippen molar-refractivity contribution in [1.29, 1.82) is 5.41 Å². The lowest BCUT2D eigenvalue weighted by atomic mass is 10.1. The van der Waals surface area contributed by atoms with Crippen LogP contribution < -0.4 is 5.32 Å². The van der Waals surface area contributed by atoms with Crippen LogP contribution >= 0.6 is 11.6 Å². The number of pyridine rings is 2. The Morgan fingerprint density at radius 1 is 1.35 bits per heavy atom. The molecule has 0 saturated heterocycles. The summed E-state index contributed by atoms with van der Waals surface area (Å²) in [7, 11) is 3.21. The molecule has 0 radical (unpaired) electrons. The molecule has 0 spiro atoms. The highest BCUT2D eigenvalue weighted by Crippen LogP contribution is 2.18. The largest absolute Gasteiger partial charge is 0.390 e. The highest BCUT2D eigenvalue weighted by atomic mass is 35.5. The first-order chi connectivity index (χ1) is 11.2. The summed E-state index contributed by atoms with van der Waals surface area (Å²) in [5, 5.41) is 11.1. The molecule has 0 bridgehead atoms. The van der Waals surface area contributed by atoms with E-state index >= 15 is 0 Å². The second-order valence-electron chi connectivity index (χ2n) is 4.78. The van der Waals surface area contributed by atoms with E-state index in [0.29, 0.717) is 29.2 Å². The smallest absolute Gasteiger partial charge is 0.158 e. The van der Waals surface area contributed by atoms with Gasteiger partial charge < -0.3 is 20.2 Å². The van der Waals surface area contributed by atoms with Crippen molar-refractivity contribution in [2.45, 2.75) is 12.7 Å². The van der Waals surface area contributed by atoms with Crippen molar-refractivity contribution in [3.05, 3.63) is 41.3 Å². The summed E-state index contributed by atoms with van der Waals surface area (Å²) in [6.07, 6.45) is 5.20. The zero-order valence-corrected chi connectivity index (χ0v) is 13.8. The SMILES string of the molecule is COC(CCN/C=C(\C=N)c1cnc2ccc(Cl)nc2c1)OC. The predicted octanol–water partition coefficient (Wildman–Crippen LogP) is 2.87. The van der Waals surface area contributed by atoms with Gasteiger partial charge in [-0.2, -0.15) is 0 Å². The molecular formula is C16H19ClN4O2. The van der Waals surface area contributed by atoms with Crippen LogP contribution in [0.5, 0.6) is 0 Å². The molecule has 0 fully saturated rings. The lowest BCUT2D eigenvalue weighted by Gasteiger charge is -2.13. The fourth-order valence-corrected chi connectivity index (χ4v) is 2.22. The average Bonchev–Trinajstić information content (AvgIpc) is 2.57. The van der Waals surface area contributed by atoms with Crippen molar-refractivity contribution in [2.24, 2.45) is 0 Å². The van der Waals surface area contributed by atoms with E-state index in [1.54, 1.807) is 32.7 Å². The molecule has 0 aliphatic rings. The maximum Gasteiger partial charge on any atom is 0.158 e. The van der Waals surface area contributed by atoms with Gasteiger partial charge in [0, 0.05) is 56.9 Å². The second-order valence-corrected chi connectivity index (χ2v) is 5.17. The number of halogens is 1. The summed E-state index contributed by atoms with van der Waals surface area (Å²) in [5.41, 5.74) is 2.96. The van der Waals surface area contributed by atoms with Crippen LogP contribution in [0.1, 0.15) is 12.0 Å². The van der Waals surface area contributed by atoms with Crippen LogP contribution in [-0.2, 0) is 9.47 Å². The highest BCUT2D eigenvalue weighted by Gasteiger charge is 2.05. The molecule has 0 saturated carbocycles. The lowest BCUT2D eigenvalue weighted by molar-refractivity contribution is -0.105. The minimum Gasteiger partial charge on any atom is -0.390 e. The minimum atomic E-state index is -0.243. The van der Waals surface area contributed by atoms with Gasteiger partial charge in [-0.25, -0.2) is 4.98 Å². The van der Waals surface area contributed by atoms with Gasteiger partial charge in [-0.1, -0.05) is 11.6 Å². The molecule has 23 heavy (non-hydrogen) atoms. The Bertz CT molecular complexity index is 702. The number of rotatable bonds is 8. The van der Waals surface area contributed by atoms with Crippen LogP contribution in [0.15, 0.2) is 30.6 Å². The molecule has 0 aliphatic heterocycles. The summed E-state index contributed by atoms with van der Waals surface area (Å²) in [5.74, 6) is 0. The predicted molar refractivity (Wildman–Crippen MR) is 91.7 cm³/mol. The van der Waals surface area contributed by atoms with Gasteiger partial charge in [0.15, 0.2) is 6.29 Å². The molecule has 0 unspecified atom stereocenters. The Kier molecular flexibility index (Phi) is 6.46. The number of hydrogen-bond acceptors (Lipinski definition) is 6. The van der Waals surface area contributed by atoms with E-state index in [1.807, 2.05) is 12.1 Å². The summed E-state index contributed by atoms with van der Waals surface area (Å²) in [4.78, 5) is 8.58. The third-order valence-electron chi connectivity index (χ3n) is 3.30. The van der Waals surface area contributed by atoms with E-state index in [0.717, 1.165) is 11.1 Å². The maximum atomic E-state index is 7.58. The summed E-state index contributed by atoms with van der Waals surface area (Å²) < 4.78 is 10.2. The molecule has 2 aromatic heterocycles. The molecule has 2 heterocycles. The van der Waals surface area contributed by atoms with Crippen molar-refractivity contribution < 1.29 is 9.47 Å². The Labute approximate surface area is 140 Å². The maximum absolute atomic E-state index is 7.58. The van der Waals surface area contributed by atoms with Crippen molar-refractivity contribution in [3.8, 4) is 0 Å². The fourth-order valence-electron chi connectivity index (χ4n) is 2.06. The molecule has 7 heteroatoms. The summed E-state index contributed by atoms with van der Waals surface area (Å²) >= 11 is 5.91. The Morgan fingerprint density at radius 2 is 2.13 bits per heavy atom. The van der Waals surface area contributed by atoms with Crippen molar-refractivity contribution in [1.82, 2.24) is 15.3 Å². The topological polar surface area (TPSA) is 80.1 Å². The number of nitrogens with one attached hydrogen (secondary N) is 2. The van der Waals surface area contributed by atoms with Gasteiger partial charge in [0.1, 0.15) is 5.15 Å². The van der Waals surface area contributed by atoms with E-state index in [-0.39, 0.29) is 6.29 Å². The molecule has 2 N–H and O–H groups in total. The van der Waals surface area contributed by atoms with Gasteiger partial charge in [-0.05, 0) is 18.2 Å². The van der Waals surface area contributed by atoms with Crippen molar-refractivity contribution >= 4 is 34.4 Å². The van der Waals surface area contributed by atoms with Crippen LogP contribution in [0.4, 0.5) is 0 Å². The number of ether oxygens (including phenoxy) is 2. The van der Waals surface area contributed by atoms with Gasteiger partial charge in [0.2, 0.25) is 0 Å². The first-order valence-corrected chi connectivity index (χ1v) is 7.48. The number of methoxy groups -OCH3 is 2. The number of allylic oxidation sites excluding steroid dienone is 1. The van der Waals surface area contributed by atoms with Crippen LogP contribution in [-0.4, -0.2) is 43.2 Å². The summed E-state index contributed by atoms with van der Waals surface area (Å²) in [6.45, 7) is 0.661. The molecule has 0 aliphatic carbocycles. The van der Waals surface area contributed by atoms with Gasteiger partial charge in [-0.15, -0.1) is 0 Å². The molecule has 2 rings (SSSR count). The lowest BCUT2D eigenvalue weighted by Crippen LogP contribution is -2.20. The standard InChI is InChI=1S/C16H19ClN4O2/c1-22-16(23-2)5-6-19-9-12(8-18)11-7-14-13(20-10-11)3-4-15(17)21-14/h3-4,7-10,16,18-19H,5-6H2,1-2H3/b12-9+,18-8?. The first kappa shape index (κ1) is 17.3. The minimum absolute atomic E-state index is 0.243. The van der Waals surface area contributed by atoms with Gasteiger partial charge in [0.25, 0.3) is 0 Å². The fraction of sp³-hybridized carbons (Fsp3) is 0.312. The number of nitrogens with zero attached hydrogens (tertiary/aromatic N) is 2. The third-order valence-corrected chi connectivity index (χ3v) is 3.51. The van der Waals surface area contributed by atoms with Crippen LogP contribution in [0, 0.1) is 5.41 Å². The summed E-state index contributed by atoms with van der Waals surface area (Å²) in [6, 6.07) is 5.38.